The van der Waals surface area contributed by atoms with Gasteiger partial charge in [0.15, 0.2) is 0 Å². The van der Waals surface area contributed by atoms with E-state index >= 15 is 0 Å². The zero-order chi connectivity index (χ0) is 21.2. The molecule has 0 amide bonds. The van der Waals surface area contributed by atoms with Crippen LogP contribution in [0.3, 0.4) is 0 Å². The van der Waals surface area contributed by atoms with Gasteiger partial charge in [0, 0.05) is 11.6 Å². The van der Waals surface area contributed by atoms with E-state index in [-0.39, 0.29) is 18.8 Å². The highest BCUT2D eigenvalue weighted by Crippen LogP contribution is 2.25. The molecule has 1 aromatic rings. The van der Waals surface area contributed by atoms with Crippen molar-refractivity contribution in [2.75, 3.05) is 27.4 Å². The first-order chi connectivity index (χ1) is 13.2. The molecule has 0 aromatic heterocycles. The predicted molar refractivity (Wildman–Crippen MR) is 104 cm³/mol. The topological polar surface area (TPSA) is 94.9 Å². The lowest BCUT2D eigenvalue weighted by atomic mass is 9.97. The lowest BCUT2D eigenvalue weighted by molar-refractivity contribution is -0.157. The number of benzene rings is 1. The van der Waals surface area contributed by atoms with Gasteiger partial charge in [0.05, 0.1) is 19.6 Å². The second-order valence-corrected chi connectivity index (χ2v) is 6.68. The van der Waals surface area contributed by atoms with Crippen molar-refractivity contribution in [3.05, 3.63) is 41.5 Å². The average molecular weight is 387 g/mol. The smallest absolute Gasteiger partial charge is 0.349 e. The Morgan fingerprint density at radius 1 is 1.11 bits per heavy atom. The van der Waals surface area contributed by atoms with Crippen LogP contribution in [0.1, 0.15) is 26.3 Å². The molecule has 0 radical (unpaired) electrons. The Morgan fingerprint density at radius 3 is 2.36 bits per heavy atom. The number of nitrogens with zero attached hydrogens (tertiary/aromatic N) is 1. The minimum Gasteiger partial charge on any atom is -0.497 e. The molecule has 0 atom stereocenters. The van der Waals surface area contributed by atoms with E-state index in [9.17, 15) is 9.59 Å². The number of allylic oxidation sites excluding steroid dienone is 2. The molecule has 28 heavy (non-hydrogen) atoms. The first-order valence-corrected chi connectivity index (χ1v) is 8.57. The Labute approximate surface area is 165 Å². The van der Waals surface area contributed by atoms with Gasteiger partial charge in [0.2, 0.25) is 0 Å². The quantitative estimate of drug-likeness (QED) is 0.222. The van der Waals surface area contributed by atoms with Crippen molar-refractivity contribution in [3.8, 4) is 17.6 Å². The van der Waals surface area contributed by atoms with E-state index in [0.29, 0.717) is 11.5 Å². The number of rotatable bonds is 8. The minimum atomic E-state index is -0.791. The first kappa shape index (κ1) is 22.8. The molecule has 0 N–H and O–H groups in total. The van der Waals surface area contributed by atoms with Gasteiger partial charge in [0.1, 0.15) is 36.4 Å². The maximum atomic E-state index is 11.9. The van der Waals surface area contributed by atoms with Gasteiger partial charge in [-0.2, -0.15) is 5.26 Å². The van der Waals surface area contributed by atoms with Crippen molar-refractivity contribution >= 4 is 18.0 Å². The molecule has 0 bridgehead atoms. The lowest BCUT2D eigenvalue weighted by Gasteiger charge is -2.16. The van der Waals surface area contributed by atoms with Crippen LogP contribution in [0.25, 0.3) is 6.08 Å². The van der Waals surface area contributed by atoms with E-state index in [1.165, 1.54) is 13.2 Å². The van der Waals surface area contributed by atoms with E-state index < -0.39 is 17.4 Å². The van der Waals surface area contributed by atoms with Gasteiger partial charge in [0.25, 0.3) is 0 Å². The number of ether oxygens (including phenoxy) is 4. The molecule has 0 unspecified atom stereocenters. The predicted octanol–water partition coefficient (Wildman–Crippen LogP) is 3.30. The number of carbonyl (C=O) groups is 2. The molecule has 0 saturated heterocycles. The highest BCUT2D eigenvalue weighted by Gasteiger charge is 2.22. The van der Waals surface area contributed by atoms with Gasteiger partial charge < -0.3 is 18.9 Å². The fourth-order valence-corrected chi connectivity index (χ4v) is 1.92. The van der Waals surface area contributed by atoms with E-state index in [4.69, 9.17) is 24.2 Å². The van der Waals surface area contributed by atoms with Crippen LogP contribution < -0.4 is 9.47 Å². The number of carbonyl (C=O) groups excluding carboxylic acids is 2. The minimum absolute atomic E-state index is 0.0700. The number of nitriles is 1. The van der Waals surface area contributed by atoms with E-state index in [0.717, 1.165) is 5.56 Å². The Balaban J connectivity index is 2.66. The largest absolute Gasteiger partial charge is 0.497 e. The molecule has 0 aliphatic heterocycles. The summed E-state index contributed by atoms with van der Waals surface area (Å²) in [5.74, 6) is 0.0559. The first-order valence-electron chi connectivity index (χ1n) is 8.57. The van der Waals surface area contributed by atoms with E-state index in [1.54, 1.807) is 64.3 Å². The van der Waals surface area contributed by atoms with Crippen LogP contribution in [0.5, 0.6) is 11.5 Å². The fourth-order valence-electron chi connectivity index (χ4n) is 1.92. The summed E-state index contributed by atoms with van der Waals surface area (Å²) in [4.78, 5) is 23.6. The summed E-state index contributed by atoms with van der Waals surface area (Å²) in [6.07, 6.45) is 4.57. The van der Waals surface area contributed by atoms with Crippen molar-refractivity contribution in [1.82, 2.24) is 0 Å². The summed E-state index contributed by atoms with van der Waals surface area (Å²) < 4.78 is 20.4. The number of hydrogen-bond acceptors (Lipinski definition) is 7. The summed E-state index contributed by atoms with van der Waals surface area (Å²) in [6.45, 7) is 4.97. The molecule has 0 aliphatic rings. The van der Waals surface area contributed by atoms with Crippen molar-refractivity contribution in [3.63, 3.8) is 0 Å². The highest BCUT2D eigenvalue weighted by molar-refractivity contribution is 5.93. The Hall–Kier alpha value is -3.27. The summed E-state index contributed by atoms with van der Waals surface area (Å²) in [6, 6.07) is 7.06. The third-order valence-electron chi connectivity index (χ3n) is 3.48. The van der Waals surface area contributed by atoms with Gasteiger partial charge in [-0.25, -0.2) is 4.79 Å². The van der Waals surface area contributed by atoms with Crippen LogP contribution in [-0.2, 0) is 19.1 Å². The van der Waals surface area contributed by atoms with Gasteiger partial charge in [-0.15, -0.1) is 0 Å². The standard InChI is InChI=1S/C21H25NO6/c1-21(2,3)20(24)28-12-11-27-19(23)16(14-22)8-6-7-15-9-10-17(25-4)13-18(15)26-5/h6-10,13H,11-12H2,1-5H3/b7-6+,16-8+. The summed E-state index contributed by atoms with van der Waals surface area (Å²) in [5.41, 5.74) is -0.0557. The number of esters is 2. The molecule has 0 aliphatic carbocycles. The SMILES string of the molecule is COc1ccc(/C=C/C=C(\C#N)C(=O)OCCOC(=O)C(C)(C)C)c(OC)c1. The zero-order valence-corrected chi connectivity index (χ0v) is 16.8. The molecule has 7 nitrogen and oxygen atoms in total. The lowest BCUT2D eigenvalue weighted by Crippen LogP contribution is -2.25. The Morgan fingerprint density at radius 2 is 1.79 bits per heavy atom. The highest BCUT2D eigenvalue weighted by atomic mass is 16.6. The normalized spacial score (nSPS) is 11.6. The summed E-state index contributed by atoms with van der Waals surface area (Å²) >= 11 is 0. The van der Waals surface area contributed by atoms with Crippen LogP contribution in [0.15, 0.2) is 35.9 Å². The summed E-state index contributed by atoms with van der Waals surface area (Å²) in [7, 11) is 3.09. The van der Waals surface area contributed by atoms with Crippen molar-refractivity contribution in [1.29, 1.82) is 5.26 Å². The molecule has 0 heterocycles. The Kier molecular flexibility index (Phi) is 8.76. The third-order valence-corrected chi connectivity index (χ3v) is 3.48. The summed E-state index contributed by atoms with van der Waals surface area (Å²) in [5, 5.41) is 9.13. The second kappa shape index (κ2) is 10.8. The van der Waals surface area contributed by atoms with Crippen LogP contribution in [0.2, 0.25) is 0 Å². The molecular formula is C21H25NO6. The van der Waals surface area contributed by atoms with Crippen molar-refractivity contribution in [2.24, 2.45) is 5.41 Å². The van der Waals surface area contributed by atoms with Gasteiger partial charge in [-0.05, 0) is 39.0 Å². The van der Waals surface area contributed by atoms with Crippen molar-refractivity contribution in [2.45, 2.75) is 20.8 Å². The van der Waals surface area contributed by atoms with Crippen LogP contribution in [0.4, 0.5) is 0 Å². The number of methoxy groups -OCH3 is 2. The van der Waals surface area contributed by atoms with Gasteiger partial charge in [-0.3, -0.25) is 4.79 Å². The third kappa shape index (κ3) is 7.16. The molecule has 0 fully saturated rings. The van der Waals surface area contributed by atoms with Crippen LogP contribution >= 0.6 is 0 Å². The molecular weight excluding hydrogens is 362 g/mol. The van der Waals surface area contributed by atoms with Crippen LogP contribution in [0, 0.1) is 16.7 Å². The molecule has 7 heteroatoms. The Bertz CT molecular complexity index is 796. The fraction of sp³-hybridized carbons (Fsp3) is 0.381. The monoisotopic (exact) mass is 387 g/mol. The molecule has 1 aromatic carbocycles. The second-order valence-electron chi connectivity index (χ2n) is 6.68. The van der Waals surface area contributed by atoms with E-state index in [2.05, 4.69) is 0 Å². The molecule has 1 rings (SSSR count). The van der Waals surface area contributed by atoms with Gasteiger partial charge in [-0.1, -0.05) is 12.2 Å². The maximum absolute atomic E-state index is 11.9. The molecule has 0 saturated carbocycles. The van der Waals surface area contributed by atoms with E-state index in [1.807, 2.05) is 0 Å². The van der Waals surface area contributed by atoms with Crippen LogP contribution in [-0.4, -0.2) is 39.4 Å². The zero-order valence-electron chi connectivity index (χ0n) is 16.8. The molecule has 150 valence electrons. The molecule has 0 spiro atoms. The maximum Gasteiger partial charge on any atom is 0.349 e. The van der Waals surface area contributed by atoms with Gasteiger partial charge >= 0.3 is 11.9 Å². The van der Waals surface area contributed by atoms with Crippen molar-refractivity contribution < 1.29 is 28.5 Å². The average Bonchev–Trinajstić information content (AvgIpc) is 2.67. The number of hydrogen-bond donors (Lipinski definition) is 0.